The van der Waals surface area contributed by atoms with Crippen molar-refractivity contribution in [2.75, 3.05) is 26.2 Å². The molecule has 144 valence electrons. The highest BCUT2D eigenvalue weighted by Crippen LogP contribution is 2.23. The molecule has 1 aromatic rings. The van der Waals surface area contributed by atoms with E-state index in [4.69, 9.17) is 9.88 Å². The summed E-state index contributed by atoms with van der Waals surface area (Å²) in [6.45, 7) is 6.70. The van der Waals surface area contributed by atoms with Gasteiger partial charge in [-0.15, -0.1) is 0 Å². The third-order valence-corrected chi connectivity index (χ3v) is 5.32. The fourth-order valence-corrected chi connectivity index (χ4v) is 3.39. The van der Waals surface area contributed by atoms with E-state index in [0.717, 1.165) is 0 Å². The van der Waals surface area contributed by atoms with Crippen LogP contribution < -0.4 is 5.14 Å². The Kier molecular flexibility index (Phi) is 5.99. The third kappa shape index (κ3) is 5.18. The first kappa shape index (κ1) is 20.7. The Labute approximate surface area is 161 Å². The Morgan fingerprint density at radius 3 is 2.15 bits per heavy atom. The Morgan fingerprint density at radius 1 is 1.12 bits per heavy atom. The maximum atomic E-state index is 12.7. The first-order valence-electron chi connectivity index (χ1n) is 7.98. The van der Waals surface area contributed by atoms with E-state index in [-0.39, 0.29) is 16.4 Å². The number of rotatable bonds is 2. The van der Waals surface area contributed by atoms with Gasteiger partial charge >= 0.3 is 6.09 Å². The van der Waals surface area contributed by atoms with Crippen molar-refractivity contribution in [1.82, 2.24) is 9.80 Å². The molecular weight excluding hydrogens is 426 g/mol. The second-order valence-electron chi connectivity index (χ2n) is 6.95. The minimum atomic E-state index is -3.90. The van der Waals surface area contributed by atoms with Gasteiger partial charge in [0.1, 0.15) is 5.60 Å². The maximum Gasteiger partial charge on any atom is 0.410 e. The Morgan fingerprint density at radius 2 is 1.65 bits per heavy atom. The quantitative estimate of drug-likeness (QED) is 0.742. The molecule has 2 rings (SSSR count). The van der Waals surface area contributed by atoms with E-state index in [1.807, 2.05) is 0 Å². The molecule has 1 aliphatic heterocycles. The van der Waals surface area contributed by atoms with Gasteiger partial charge in [0.2, 0.25) is 10.0 Å². The van der Waals surface area contributed by atoms with Gasteiger partial charge in [0.05, 0.1) is 10.5 Å². The number of amides is 2. The van der Waals surface area contributed by atoms with Crippen LogP contribution >= 0.6 is 15.9 Å². The number of primary sulfonamides is 1. The molecule has 26 heavy (non-hydrogen) atoms. The molecule has 1 aromatic carbocycles. The standard InChI is InChI=1S/C16H22BrN3O5S/c1-16(2,3)25-15(22)20-8-6-19(7-9-20)14(21)12-10-11(26(18,23)24)4-5-13(12)17/h4-5,10H,6-9H2,1-3H3,(H2,18,23,24). The highest BCUT2D eigenvalue weighted by atomic mass is 79.9. The van der Waals surface area contributed by atoms with Crippen LogP contribution in [0.2, 0.25) is 0 Å². The fourth-order valence-electron chi connectivity index (χ4n) is 2.43. The molecule has 0 atom stereocenters. The van der Waals surface area contributed by atoms with Crippen molar-refractivity contribution in [3.63, 3.8) is 0 Å². The summed E-state index contributed by atoms with van der Waals surface area (Å²) in [5.74, 6) is -0.328. The molecule has 1 aliphatic rings. The number of benzene rings is 1. The van der Waals surface area contributed by atoms with Crippen LogP contribution in [0, 0.1) is 0 Å². The van der Waals surface area contributed by atoms with Gasteiger partial charge in [0.15, 0.2) is 0 Å². The topological polar surface area (TPSA) is 110 Å². The van der Waals surface area contributed by atoms with Gasteiger partial charge in [-0.05, 0) is 54.9 Å². The van der Waals surface area contributed by atoms with E-state index in [1.54, 1.807) is 30.6 Å². The number of hydrogen-bond donors (Lipinski definition) is 1. The van der Waals surface area contributed by atoms with Gasteiger partial charge in [-0.3, -0.25) is 4.79 Å². The zero-order valence-corrected chi connectivity index (χ0v) is 17.3. The van der Waals surface area contributed by atoms with E-state index in [2.05, 4.69) is 15.9 Å². The van der Waals surface area contributed by atoms with E-state index >= 15 is 0 Å². The lowest BCUT2D eigenvalue weighted by atomic mass is 10.2. The predicted molar refractivity (Wildman–Crippen MR) is 99.2 cm³/mol. The van der Waals surface area contributed by atoms with Crippen LogP contribution in [0.5, 0.6) is 0 Å². The minimum Gasteiger partial charge on any atom is -0.444 e. The summed E-state index contributed by atoms with van der Waals surface area (Å²) in [5.41, 5.74) is -0.370. The van der Waals surface area contributed by atoms with Crippen molar-refractivity contribution in [3.05, 3.63) is 28.2 Å². The number of halogens is 1. The molecule has 1 heterocycles. The Hall–Kier alpha value is -1.65. The van der Waals surface area contributed by atoms with Crippen LogP contribution in [0.4, 0.5) is 4.79 Å². The number of carbonyl (C=O) groups is 2. The summed E-state index contributed by atoms with van der Waals surface area (Å²) in [5, 5.41) is 5.13. The average Bonchev–Trinajstić information content (AvgIpc) is 2.52. The van der Waals surface area contributed by atoms with Crippen LogP contribution in [0.3, 0.4) is 0 Å². The molecule has 0 spiro atoms. The molecule has 0 saturated carbocycles. The van der Waals surface area contributed by atoms with Gasteiger partial charge in [-0.1, -0.05) is 0 Å². The zero-order chi connectivity index (χ0) is 19.7. The van der Waals surface area contributed by atoms with Crippen molar-refractivity contribution in [1.29, 1.82) is 0 Å². The summed E-state index contributed by atoms with van der Waals surface area (Å²) < 4.78 is 28.8. The lowest BCUT2D eigenvalue weighted by Gasteiger charge is -2.35. The number of hydrogen-bond acceptors (Lipinski definition) is 5. The summed E-state index contributed by atoms with van der Waals surface area (Å²) in [6.07, 6.45) is -0.415. The number of ether oxygens (including phenoxy) is 1. The second kappa shape index (κ2) is 7.53. The molecule has 2 N–H and O–H groups in total. The number of nitrogens with two attached hydrogens (primary N) is 1. The summed E-state index contributed by atoms with van der Waals surface area (Å²) in [4.78, 5) is 27.8. The molecule has 0 unspecified atom stereocenters. The first-order chi connectivity index (χ1) is 11.9. The highest BCUT2D eigenvalue weighted by Gasteiger charge is 2.29. The van der Waals surface area contributed by atoms with Gasteiger partial charge in [0.25, 0.3) is 5.91 Å². The van der Waals surface area contributed by atoms with E-state index in [1.165, 1.54) is 18.2 Å². The van der Waals surface area contributed by atoms with E-state index in [9.17, 15) is 18.0 Å². The molecular formula is C16H22BrN3O5S. The molecule has 1 saturated heterocycles. The van der Waals surface area contributed by atoms with Gasteiger partial charge in [-0.2, -0.15) is 0 Å². The number of sulfonamides is 1. The molecule has 0 bridgehead atoms. The van der Waals surface area contributed by atoms with Gasteiger partial charge in [0, 0.05) is 30.7 Å². The third-order valence-electron chi connectivity index (χ3n) is 3.72. The lowest BCUT2D eigenvalue weighted by molar-refractivity contribution is 0.0140. The number of carbonyl (C=O) groups excluding carboxylic acids is 2. The molecule has 0 aromatic heterocycles. The van der Waals surface area contributed by atoms with Crippen LogP contribution in [-0.4, -0.2) is 62.0 Å². The van der Waals surface area contributed by atoms with Crippen molar-refractivity contribution >= 4 is 38.0 Å². The zero-order valence-electron chi connectivity index (χ0n) is 14.9. The SMILES string of the molecule is CC(C)(C)OC(=O)N1CCN(C(=O)c2cc(S(N)(=O)=O)ccc2Br)CC1. The first-order valence-corrected chi connectivity index (χ1v) is 10.3. The summed E-state index contributed by atoms with van der Waals surface area (Å²) in [7, 11) is -3.90. The van der Waals surface area contributed by atoms with Crippen LogP contribution in [0.1, 0.15) is 31.1 Å². The van der Waals surface area contributed by atoms with Crippen molar-refractivity contribution in [2.45, 2.75) is 31.3 Å². The van der Waals surface area contributed by atoms with Crippen molar-refractivity contribution in [2.24, 2.45) is 5.14 Å². The normalized spacial score (nSPS) is 15.7. The van der Waals surface area contributed by atoms with Crippen LogP contribution in [-0.2, 0) is 14.8 Å². The average molecular weight is 448 g/mol. The Bertz CT molecular complexity index is 812. The van der Waals surface area contributed by atoms with Crippen molar-refractivity contribution in [3.8, 4) is 0 Å². The van der Waals surface area contributed by atoms with Gasteiger partial charge in [-0.25, -0.2) is 18.4 Å². The minimum absolute atomic E-state index is 0.128. The molecule has 2 amide bonds. The number of nitrogens with zero attached hydrogens (tertiary/aromatic N) is 2. The molecule has 8 nitrogen and oxygen atoms in total. The molecule has 1 fully saturated rings. The predicted octanol–water partition coefficient (Wildman–Crippen LogP) is 1.79. The molecule has 0 radical (unpaired) electrons. The number of piperazine rings is 1. The molecule has 10 heteroatoms. The fraction of sp³-hybridized carbons (Fsp3) is 0.500. The largest absolute Gasteiger partial charge is 0.444 e. The van der Waals surface area contributed by atoms with Crippen molar-refractivity contribution < 1.29 is 22.7 Å². The second-order valence-corrected chi connectivity index (χ2v) is 9.36. The lowest BCUT2D eigenvalue weighted by Crippen LogP contribution is -2.51. The van der Waals surface area contributed by atoms with Gasteiger partial charge < -0.3 is 14.5 Å². The maximum absolute atomic E-state index is 12.7. The smallest absolute Gasteiger partial charge is 0.410 e. The van der Waals surface area contributed by atoms with Crippen LogP contribution in [0.25, 0.3) is 0 Å². The Balaban J connectivity index is 2.08. The monoisotopic (exact) mass is 447 g/mol. The summed E-state index contributed by atoms with van der Waals surface area (Å²) >= 11 is 3.26. The van der Waals surface area contributed by atoms with E-state index < -0.39 is 21.7 Å². The highest BCUT2D eigenvalue weighted by molar-refractivity contribution is 9.10. The molecule has 0 aliphatic carbocycles. The van der Waals surface area contributed by atoms with Crippen LogP contribution in [0.15, 0.2) is 27.6 Å². The van der Waals surface area contributed by atoms with E-state index in [0.29, 0.717) is 30.7 Å². The summed E-state index contributed by atoms with van der Waals surface area (Å²) in [6, 6.07) is 4.06.